The lowest BCUT2D eigenvalue weighted by Crippen LogP contribution is -2.49. The average molecular weight is 453 g/mol. The first-order valence-electron chi connectivity index (χ1n) is 10.8. The Bertz CT molecular complexity index is 1170. The maximum atomic E-state index is 13.4. The molecule has 10 heteroatoms. The third kappa shape index (κ3) is 4.51. The van der Waals surface area contributed by atoms with Gasteiger partial charge >= 0.3 is 0 Å². The number of nitro benzene ring substituents is 1. The quantitative estimate of drug-likeness (QED) is 0.433. The van der Waals surface area contributed by atoms with E-state index in [1.807, 2.05) is 6.07 Å². The van der Waals surface area contributed by atoms with Gasteiger partial charge in [-0.2, -0.15) is 5.10 Å². The molecule has 1 aliphatic heterocycles. The van der Waals surface area contributed by atoms with Crippen LogP contribution < -0.4 is 4.90 Å². The monoisotopic (exact) mass is 452 g/mol. The van der Waals surface area contributed by atoms with E-state index in [0.29, 0.717) is 43.1 Å². The van der Waals surface area contributed by atoms with Gasteiger partial charge in [0.25, 0.3) is 11.6 Å². The van der Waals surface area contributed by atoms with Gasteiger partial charge in [-0.15, -0.1) is 0 Å². The Morgan fingerprint density at radius 2 is 1.82 bits per heavy atom. The number of methoxy groups -OCH3 is 1. The molecule has 2 aromatic heterocycles. The highest BCUT2D eigenvalue weighted by Crippen LogP contribution is 2.25. The number of non-ortho nitro benzene ring substituents is 1. The number of anilines is 1. The summed E-state index contributed by atoms with van der Waals surface area (Å²) < 4.78 is 7.11. The van der Waals surface area contributed by atoms with Crippen molar-refractivity contribution in [1.29, 1.82) is 0 Å². The van der Waals surface area contributed by atoms with Crippen molar-refractivity contribution >= 4 is 22.9 Å². The Labute approximate surface area is 191 Å². The summed E-state index contributed by atoms with van der Waals surface area (Å²) in [4.78, 5) is 32.3. The molecule has 1 amide bonds. The third-order valence-corrected chi connectivity index (χ3v) is 5.86. The maximum Gasteiger partial charge on any atom is 0.269 e. The molecular formula is C23H28N6O4. The van der Waals surface area contributed by atoms with E-state index in [9.17, 15) is 14.9 Å². The highest BCUT2D eigenvalue weighted by atomic mass is 16.6. The van der Waals surface area contributed by atoms with Gasteiger partial charge in [0.05, 0.1) is 28.5 Å². The molecule has 0 spiro atoms. The molecule has 0 saturated carbocycles. The van der Waals surface area contributed by atoms with Crippen LogP contribution in [-0.2, 0) is 16.8 Å². The zero-order valence-corrected chi connectivity index (χ0v) is 19.3. The van der Waals surface area contributed by atoms with E-state index >= 15 is 0 Å². The number of amides is 1. The van der Waals surface area contributed by atoms with E-state index in [4.69, 9.17) is 9.84 Å². The summed E-state index contributed by atoms with van der Waals surface area (Å²) in [5.74, 6) is -0.104. The summed E-state index contributed by atoms with van der Waals surface area (Å²) in [6, 6.07) is 8.43. The van der Waals surface area contributed by atoms with E-state index in [0.717, 1.165) is 11.4 Å². The molecule has 4 rings (SSSR count). The van der Waals surface area contributed by atoms with Gasteiger partial charge in [0.15, 0.2) is 5.65 Å². The van der Waals surface area contributed by atoms with Gasteiger partial charge in [-0.25, -0.2) is 9.50 Å². The number of benzene rings is 1. The molecule has 1 aromatic carbocycles. The van der Waals surface area contributed by atoms with Crippen LogP contribution in [0.5, 0.6) is 0 Å². The van der Waals surface area contributed by atoms with E-state index in [-0.39, 0.29) is 23.6 Å². The molecule has 0 N–H and O–H groups in total. The summed E-state index contributed by atoms with van der Waals surface area (Å²) >= 11 is 0. The molecule has 10 nitrogen and oxygen atoms in total. The largest absolute Gasteiger partial charge is 0.378 e. The Morgan fingerprint density at radius 1 is 1.15 bits per heavy atom. The highest BCUT2D eigenvalue weighted by molar-refractivity contribution is 5.95. The van der Waals surface area contributed by atoms with Gasteiger partial charge in [0.2, 0.25) is 0 Å². The van der Waals surface area contributed by atoms with Crippen LogP contribution in [0, 0.1) is 10.1 Å². The van der Waals surface area contributed by atoms with Crippen molar-refractivity contribution in [2.75, 3.05) is 38.2 Å². The lowest BCUT2D eigenvalue weighted by atomic mass is 9.93. The number of fused-ring (bicyclic) bond motifs is 1. The average Bonchev–Trinajstić information content (AvgIpc) is 3.25. The number of carbonyl (C=O) groups is 1. The number of nitrogens with zero attached hydrogens (tertiary/aromatic N) is 6. The fraction of sp³-hybridized carbons (Fsp3) is 0.435. The predicted octanol–water partition coefficient (Wildman–Crippen LogP) is 3.04. The summed E-state index contributed by atoms with van der Waals surface area (Å²) in [5, 5.41) is 15.6. The van der Waals surface area contributed by atoms with Crippen LogP contribution in [0.25, 0.3) is 5.65 Å². The molecule has 0 radical (unpaired) electrons. The Morgan fingerprint density at radius 3 is 2.39 bits per heavy atom. The van der Waals surface area contributed by atoms with Crippen molar-refractivity contribution in [2.24, 2.45) is 0 Å². The third-order valence-electron chi connectivity index (χ3n) is 5.86. The minimum absolute atomic E-state index is 0.0642. The van der Waals surface area contributed by atoms with Crippen LogP contribution in [0.3, 0.4) is 0 Å². The molecule has 0 atom stereocenters. The first-order valence-corrected chi connectivity index (χ1v) is 10.8. The normalized spacial score (nSPS) is 14.7. The number of aromatic nitrogens is 3. The number of ether oxygens (including phenoxy) is 1. The van der Waals surface area contributed by atoms with Crippen molar-refractivity contribution < 1.29 is 14.5 Å². The molecule has 0 bridgehead atoms. The van der Waals surface area contributed by atoms with Crippen LogP contribution in [0.2, 0.25) is 0 Å². The number of nitro groups is 1. The Balaban J connectivity index is 1.54. The van der Waals surface area contributed by atoms with E-state index in [2.05, 4.69) is 30.7 Å². The van der Waals surface area contributed by atoms with Crippen molar-refractivity contribution in [2.45, 2.75) is 32.8 Å². The van der Waals surface area contributed by atoms with Gasteiger partial charge in [-0.1, -0.05) is 20.8 Å². The molecule has 174 valence electrons. The molecule has 33 heavy (non-hydrogen) atoms. The lowest BCUT2D eigenvalue weighted by Gasteiger charge is -2.36. The summed E-state index contributed by atoms with van der Waals surface area (Å²) in [6.45, 7) is 8.83. The fourth-order valence-electron chi connectivity index (χ4n) is 3.93. The van der Waals surface area contributed by atoms with Gasteiger partial charge in [-0.3, -0.25) is 14.9 Å². The molecule has 3 heterocycles. The van der Waals surface area contributed by atoms with Crippen molar-refractivity contribution in [3.05, 3.63) is 63.6 Å². The van der Waals surface area contributed by atoms with E-state index in [1.165, 1.54) is 12.1 Å². The van der Waals surface area contributed by atoms with Gasteiger partial charge in [0, 0.05) is 68.8 Å². The molecule has 3 aromatic rings. The molecular weight excluding hydrogens is 424 g/mol. The second-order valence-corrected chi connectivity index (χ2v) is 9.15. The maximum absolute atomic E-state index is 13.4. The van der Waals surface area contributed by atoms with Crippen LogP contribution in [0.15, 0.2) is 36.5 Å². The van der Waals surface area contributed by atoms with Crippen LogP contribution in [0.4, 0.5) is 11.4 Å². The summed E-state index contributed by atoms with van der Waals surface area (Å²) in [5.41, 5.74) is 3.57. The zero-order valence-electron chi connectivity index (χ0n) is 19.3. The molecule has 1 aliphatic rings. The van der Waals surface area contributed by atoms with Gasteiger partial charge < -0.3 is 14.5 Å². The highest BCUT2D eigenvalue weighted by Gasteiger charge is 2.27. The SMILES string of the molecule is COCc1c(C(=O)N2CCN(c3ccc([N+](=O)[O-])cc3)CC2)cnc2cc(C(C)(C)C)nn12. The molecule has 0 unspecified atom stereocenters. The number of hydrogen-bond acceptors (Lipinski definition) is 7. The van der Waals surface area contributed by atoms with Crippen molar-refractivity contribution in [3.8, 4) is 0 Å². The van der Waals surface area contributed by atoms with Gasteiger partial charge in [-0.05, 0) is 12.1 Å². The topological polar surface area (TPSA) is 106 Å². The van der Waals surface area contributed by atoms with Gasteiger partial charge in [0.1, 0.15) is 0 Å². The minimum Gasteiger partial charge on any atom is -0.378 e. The van der Waals surface area contributed by atoms with E-state index < -0.39 is 4.92 Å². The molecule has 1 fully saturated rings. The first-order chi connectivity index (χ1) is 15.7. The van der Waals surface area contributed by atoms with Crippen molar-refractivity contribution in [3.63, 3.8) is 0 Å². The smallest absolute Gasteiger partial charge is 0.269 e. The second-order valence-electron chi connectivity index (χ2n) is 9.15. The van der Waals surface area contributed by atoms with Crippen molar-refractivity contribution in [1.82, 2.24) is 19.5 Å². The minimum atomic E-state index is -0.410. The fourth-order valence-corrected chi connectivity index (χ4v) is 3.93. The van der Waals surface area contributed by atoms with Crippen LogP contribution >= 0.6 is 0 Å². The summed E-state index contributed by atoms with van der Waals surface area (Å²) in [6.07, 6.45) is 1.61. The predicted molar refractivity (Wildman–Crippen MR) is 124 cm³/mol. The molecule has 0 aliphatic carbocycles. The Hall–Kier alpha value is -3.53. The standard InChI is InChI=1S/C23H28N6O4/c1-23(2,3)20-13-21-24-14-18(19(15-33-4)28(21)25-20)22(30)27-11-9-26(10-12-27)16-5-7-17(8-6-16)29(31)32/h5-8,13-14H,9-12,15H2,1-4H3. The van der Waals surface area contributed by atoms with Crippen LogP contribution in [-0.4, -0.2) is 63.6 Å². The lowest BCUT2D eigenvalue weighted by molar-refractivity contribution is -0.384. The number of carbonyl (C=O) groups excluding carboxylic acids is 1. The number of piperazine rings is 1. The van der Waals surface area contributed by atoms with Crippen LogP contribution in [0.1, 0.15) is 42.5 Å². The second kappa shape index (κ2) is 8.78. The summed E-state index contributed by atoms with van der Waals surface area (Å²) in [7, 11) is 1.59. The number of rotatable bonds is 5. The first kappa shape index (κ1) is 22.7. The zero-order chi connectivity index (χ0) is 23.8. The van der Waals surface area contributed by atoms with E-state index in [1.54, 1.807) is 34.9 Å². The molecule has 1 saturated heterocycles. The number of hydrogen-bond donors (Lipinski definition) is 0. The Kier molecular flexibility index (Phi) is 6.03.